The van der Waals surface area contributed by atoms with Gasteiger partial charge in [-0.3, -0.25) is 4.79 Å². The summed E-state index contributed by atoms with van der Waals surface area (Å²) in [6, 6.07) is -1.47. The molecule has 0 spiro atoms. The smallest absolute Gasteiger partial charge is 0.328 e. The van der Waals surface area contributed by atoms with Crippen LogP contribution < -0.4 is 10.6 Å². The van der Waals surface area contributed by atoms with Gasteiger partial charge in [-0.15, -0.1) is 0 Å². The van der Waals surface area contributed by atoms with Crippen LogP contribution in [0.5, 0.6) is 0 Å². The Labute approximate surface area is 102 Å². The Hall–Kier alpha value is -1.14. The summed E-state index contributed by atoms with van der Waals surface area (Å²) >= 11 is 0. The van der Waals surface area contributed by atoms with Gasteiger partial charge in [0.15, 0.2) is 6.04 Å². The molecule has 2 atom stereocenters. The van der Waals surface area contributed by atoms with E-state index in [9.17, 15) is 9.59 Å². The maximum Gasteiger partial charge on any atom is 0.328 e. The van der Waals surface area contributed by atoms with E-state index in [4.69, 9.17) is 9.84 Å². The summed E-state index contributed by atoms with van der Waals surface area (Å²) in [6.45, 7) is 7.07. The lowest BCUT2D eigenvalue weighted by Crippen LogP contribution is -2.50. The van der Waals surface area contributed by atoms with Gasteiger partial charge in [-0.25, -0.2) is 4.79 Å². The van der Waals surface area contributed by atoms with Crippen LogP contribution in [0.15, 0.2) is 0 Å². The fraction of sp³-hybridized carbons (Fsp3) is 0.818. The van der Waals surface area contributed by atoms with Crippen molar-refractivity contribution in [2.75, 3.05) is 13.7 Å². The third-order valence-corrected chi connectivity index (χ3v) is 2.12. The molecule has 3 N–H and O–H groups in total. The van der Waals surface area contributed by atoms with Crippen LogP contribution in [-0.2, 0) is 14.3 Å². The first-order chi connectivity index (χ1) is 7.67. The van der Waals surface area contributed by atoms with Gasteiger partial charge in [-0.2, -0.15) is 0 Å². The molecule has 1 amide bonds. The minimum absolute atomic E-state index is 0.0546. The number of rotatable bonds is 6. The number of hydrogen-bond donors (Lipinski definition) is 3. The lowest BCUT2D eigenvalue weighted by Gasteiger charge is -2.23. The van der Waals surface area contributed by atoms with Crippen molar-refractivity contribution in [3.8, 4) is 0 Å². The SMILES string of the molecule is CNC(C)C(=O)N[C@@H](COC(C)(C)C)C(=O)O. The third-order valence-electron chi connectivity index (χ3n) is 2.12. The molecule has 100 valence electrons. The molecular formula is C11H22N2O4. The Balaban J connectivity index is 4.35. The van der Waals surface area contributed by atoms with Crippen LogP contribution in [-0.4, -0.2) is 48.3 Å². The lowest BCUT2D eigenvalue weighted by atomic mass is 10.2. The largest absolute Gasteiger partial charge is 0.480 e. The maximum absolute atomic E-state index is 11.5. The van der Waals surface area contributed by atoms with Crippen LogP contribution in [0.1, 0.15) is 27.7 Å². The van der Waals surface area contributed by atoms with Crippen LogP contribution in [0.3, 0.4) is 0 Å². The normalized spacial score (nSPS) is 15.1. The number of likely N-dealkylation sites (N-methyl/N-ethyl adjacent to an activating group) is 1. The molecule has 0 aromatic rings. The van der Waals surface area contributed by atoms with Crippen molar-refractivity contribution in [3.05, 3.63) is 0 Å². The van der Waals surface area contributed by atoms with Crippen LogP contribution >= 0.6 is 0 Å². The molecule has 0 saturated heterocycles. The Bertz CT molecular complexity index is 273. The Morgan fingerprint density at radius 3 is 2.24 bits per heavy atom. The van der Waals surface area contributed by atoms with Gasteiger partial charge in [0.2, 0.25) is 5.91 Å². The fourth-order valence-electron chi connectivity index (χ4n) is 0.936. The van der Waals surface area contributed by atoms with E-state index in [1.807, 2.05) is 20.8 Å². The number of carboxylic acids is 1. The van der Waals surface area contributed by atoms with E-state index < -0.39 is 23.7 Å². The Morgan fingerprint density at radius 1 is 1.35 bits per heavy atom. The molecule has 1 unspecified atom stereocenters. The highest BCUT2D eigenvalue weighted by Gasteiger charge is 2.24. The standard InChI is InChI=1S/C11H22N2O4/c1-7(12-5)9(14)13-8(10(15)16)6-17-11(2,3)4/h7-8,12H,6H2,1-5H3,(H,13,14)(H,15,16)/t7?,8-/m0/s1. The monoisotopic (exact) mass is 246 g/mol. The lowest BCUT2D eigenvalue weighted by molar-refractivity contribution is -0.145. The highest BCUT2D eigenvalue weighted by atomic mass is 16.5. The summed E-state index contributed by atoms with van der Waals surface area (Å²) < 4.78 is 5.35. The summed E-state index contributed by atoms with van der Waals surface area (Å²) in [5.41, 5.74) is -0.437. The Morgan fingerprint density at radius 2 is 1.88 bits per heavy atom. The van der Waals surface area contributed by atoms with E-state index in [2.05, 4.69) is 10.6 Å². The van der Waals surface area contributed by atoms with Crippen LogP contribution in [0.25, 0.3) is 0 Å². The van der Waals surface area contributed by atoms with Gasteiger partial charge < -0.3 is 20.5 Å². The molecule has 0 aliphatic rings. The number of aliphatic carboxylic acids is 1. The van der Waals surface area contributed by atoms with Crippen molar-refractivity contribution in [1.29, 1.82) is 0 Å². The molecule has 0 heterocycles. The minimum Gasteiger partial charge on any atom is -0.480 e. The molecule has 0 aromatic carbocycles. The van der Waals surface area contributed by atoms with Crippen molar-refractivity contribution in [2.24, 2.45) is 0 Å². The van der Waals surface area contributed by atoms with Gasteiger partial charge in [0.25, 0.3) is 0 Å². The fourth-order valence-corrected chi connectivity index (χ4v) is 0.936. The average molecular weight is 246 g/mol. The van der Waals surface area contributed by atoms with E-state index in [0.29, 0.717) is 0 Å². The maximum atomic E-state index is 11.5. The summed E-state index contributed by atoms with van der Waals surface area (Å²) in [5.74, 6) is -1.47. The number of amides is 1. The minimum atomic E-state index is -1.11. The number of ether oxygens (including phenoxy) is 1. The second-order valence-electron chi connectivity index (χ2n) is 4.83. The third kappa shape index (κ3) is 6.91. The second-order valence-corrected chi connectivity index (χ2v) is 4.83. The van der Waals surface area contributed by atoms with Crippen molar-refractivity contribution in [1.82, 2.24) is 10.6 Å². The first kappa shape index (κ1) is 15.9. The summed E-state index contributed by atoms with van der Waals surface area (Å²) in [5, 5.41) is 14.1. The molecule has 0 aliphatic carbocycles. The number of carbonyl (C=O) groups is 2. The van der Waals surface area contributed by atoms with Gasteiger partial charge in [-0.05, 0) is 34.7 Å². The van der Waals surface area contributed by atoms with Gasteiger partial charge in [-0.1, -0.05) is 0 Å². The molecule has 0 aromatic heterocycles. The molecule has 6 nitrogen and oxygen atoms in total. The zero-order chi connectivity index (χ0) is 13.6. The molecule has 0 rings (SSSR count). The molecule has 17 heavy (non-hydrogen) atoms. The van der Waals surface area contributed by atoms with Crippen molar-refractivity contribution in [2.45, 2.75) is 45.4 Å². The van der Waals surface area contributed by atoms with Crippen molar-refractivity contribution in [3.63, 3.8) is 0 Å². The average Bonchev–Trinajstić information content (AvgIpc) is 2.20. The van der Waals surface area contributed by atoms with E-state index in [1.54, 1.807) is 14.0 Å². The Kier molecular flexibility index (Phi) is 6.12. The molecule has 6 heteroatoms. The highest BCUT2D eigenvalue weighted by Crippen LogP contribution is 2.07. The van der Waals surface area contributed by atoms with Gasteiger partial charge >= 0.3 is 5.97 Å². The van der Waals surface area contributed by atoms with Crippen molar-refractivity contribution < 1.29 is 19.4 Å². The molecule has 0 fully saturated rings. The summed E-state index contributed by atoms with van der Waals surface area (Å²) in [6.07, 6.45) is 0. The van der Waals surface area contributed by atoms with E-state index in [0.717, 1.165) is 0 Å². The number of carboxylic acid groups (broad SMARTS) is 1. The van der Waals surface area contributed by atoms with E-state index >= 15 is 0 Å². The first-order valence-corrected chi connectivity index (χ1v) is 5.51. The predicted molar refractivity (Wildman–Crippen MR) is 63.8 cm³/mol. The first-order valence-electron chi connectivity index (χ1n) is 5.51. The van der Waals surface area contributed by atoms with Crippen LogP contribution in [0.2, 0.25) is 0 Å². The second kappa shape index (κ2) is 6.56. The summed E-state index contributed by atoms with van der Waals surface area (Å²) in [4.78, 5) is 22.5. The highest BCUT2D eigenvalue weighted by molar-refractivity contribution is 5.86. The van der Waals surface area contributed by atoms with Crippen LogP contribution in [0, 0.1) is 0 Å². The molecular weight excluding hydrogens is 224 g/mol. The zero-order valence-corrected chi connectivity index (χ0v) is 11.0. The predicted octanol–water partition coefficient (Wildman–Crippen LogP) is -0.0212. The number of hydrogen-bond acceptors (Lipinski definition) is 4. The van der Waals surface area contributed by atoms with Crippen LogP contribution in [0.4, 0.5) is 0 Å². The molecule has 0 saturated carbocycles. The molecule has 0 radical (unpaired) electrons. The van der Waals surface area contributed by atoms with E-state index in [-0.39, 0.29) is 12.5 Å². The quantitative estimate of drug-likeness (QED) is 0.613. The number of carbonyl (C=O) groups excluding carboxylic acids is 1. The molecule has 0 aliphatic heterocycles. The topological polar surface area (TPSA) is 87.7 Å². The summed E-state index contributed by atoms with van der Waals surface area (Å²) in [7, 11) is 1.63. The van der Waals surface area contributed by atoms with E-state index in [1.165, 1.54) is 0 Å². The number of nitrogens with one attached hydrogen (secondary N) is 2. The molecule has 0 bridgehead atoms. The van der Waals surface area contributed by atoms with Gasteiger partial charge in [0, 0.05) is 0 Å². The van der Waals surface area contributed by atoms with Gasteiger partial charge in [0.1, 0.15) is 0 Å². The van der Waals surface area contributed by atoms with Crippen molar-refractivity contribution >= 4 is 11.9 Å². The van der Waals surface area contributed by atoms with Gasteiger partial charge in [0.05, 0.1) is 18.2 Å². The zero-order valence-electron chi connectivity index (χ0n) is 11.0.